The second-order valence-electron chi connectivity index (χ2n) is 5.74. The van der Waals surface area contributed by atoms with Crippen LogP contribution in [0.5, 0.6) is 0 Å². The van der Waals surface area contributed by atoms with E-state index in [-0.39, 0.29) is 11.8 Å². The zero-order chi connectivity index (χ0) is 14.2. The molecule has 1 N–H and O–H groups in total. The summed E-state index contributed by atoms with van der Waals surface area (Å²) in [6.07, 6.45) is 4.62. The summed E-state index contributed by atoms with van der Waals surface area (Å²) in [7, 11) is 0. The van der Waals surface area contributed by atoms with Crippen molar-refractivity contribution in [2.24, 2.45) is 5.92 Å². The van der Waals surface area contributed by atoms with Crippen LogP contribution in [0, 0.1) is 5.92 Å². The molecule has 0 spiro atoms. The lowest BCUT2D eigenvalue weighted by molar-refractivity contribution is -0.136. The van der Waals surface area contributed by atoms with Gasteiger partial charge >= 0.3 is 0 Å². The first-order valence-corrected chi connectivity index (χ1v) is 7.42. The summed E-state index contributed by atoms with van der Waals surface area (Å²) in [4.78, 5) is 19.0. The summed E-state index contributed by atoms with van der Waals surface area (Å²) < 4.78 is 2.12. The van der Waals surface area contributed by atoms with Gasteiger partial charge in [-0.2, -0.15) is 0 Å². The van der Waals surface area contributed by atoms with E-state index in [2.05, 4.69) is 27.0 Å². The minimum atomic E-state index is 0.0291. The smallest absolute Gasteiger partial charge is 0.228 e. The van der Waals surface area contributed by atoms with Gasteiger partial charge in [-0.1, -0.05) is 18.2 Å². The number of amides is 1. The highest BCUT2D eigenvalue weighted by Gasteiger charge is 2.30. The van der Waals surface area contributed by atoms with Crippen LogP contribution in [0.4, 0.5) is 5.69 Å². The van der Waals surface area contributed by atoms with Crippen molar-refractivity contribution in [3.63, 3.8) is 0 Å². The fourth-order valence-electron chi connectivity index (χ4n) is 3.24. The number of nitrogens with zero attached hydrogens (tertiary/aromatic N) is 3. The summed E-state index contributed by atoms with van der Waals surface area (Å²) in [5, 5.41) is 3.38. The molecule has 3 heterocycles. The summed E-state index contributed by atoms with van der Waals surface area (Å²) in [6, 6.07) is 8.24. The summed E-state index contributed by atoms with van der Waals surface area (Å²) in [5.41, 5.74) is 2.40. The van der Waals surface area contributed by atoms with E-state index in [0.29, 0.717) is 6.54 Å². The van der Waals surface area contributed by atoms with Crippen molar-refractivity contribution in [2.45, 2.75) is 19.5 Å². The van der Waals surface area contributed by atoms with Gasteiger partial charge in [0, 0.05) is 37.7 Å². The molecular formula is C16H18N4O. The standard InChI is InChI=1S/C16H18N4O/c21-16(20-8-7-19-6-5-17-15(19)11-20)13-9-12-3-1-2-4-14(12)18-10-13/h1-6,13,18H,7-11H2. The molecule has 21 heavy (non-hydrogen) atoms. The lowest BCUT2D eigenvalue weighted by atomic mass is 9.92. The zero-order valence-corrected chi connectivity index (χ0v) is 11.8. The van der Waals surface area contributed by atoms with Crippen molar-refractivity contribution in [3.8, 4) is 0 Å². The third-order valence-corrected chi connectivity index (χ3v) is 4.43. The molecule has 2 aromatic rings. The van der Waals surface area contributed by atoms with E-state index in [4.69, 9.17) is 0 Å². The van der Waals surface area contributed by atoms with Gasteiger partial charge in [0.2, 0.25) is 5.91 Å². The number of imidazole rings is 1. The first-order chi connectivity index (χ1) is 10.3. The molecule has 0 saturated heterocycles. The molecule has 0 radical (unpaired) electrons. The SMILES string of the molecule is O=C(C1CNc2ccccc2C1)N1CCn2ccnc2C1. The Kier molecular flexibility index (Phi) is 2.91. The molecule has 2 aliphatic rings. The van der Waals surface area contributed by atoms with E-state index in [1.165, 1.54) is 5.56 Å². The predicted octanol–water partition coefficient (Wildman–Crippen LogP) is 1.51. The number of rotatable bonds is 1. The predicted molar refractivity (Wildman–Crippen MR) is 79.8 cm³/mol. The topological polar surface area (TPSA) is 50.2 Å². The molecule has 1 atom stereocenters. The Bertz CT molecular complexity index is 678. The number of hydrogen-bond donors (Lipinski definition) is 1. The molecule has 108 valence electrons. The van der Waals surface area contributed by atoms with Crippen molar-refractivity contribution < 1.29 is 4.79 Å². The van der Waals surface area contributed by atoms with Crippen LogP contribution < -0.4 is 5.32 Å². The molecule has 5 nitrogen and oxygen atoms in total. The molecule has 4 rings (SSSR count). The first-order valence-electron chi connectivity index (χ1n) is 7.42. The number of para-hydroxylation sites is 1. The molecule has 0 bridgehead atoms. The Morgan fingerprint density at radius 1 is 1.29 bits per heavy atom. The number of carbonyl (C=O) groups excluding carboxylic acids is 1. The van der Waals surface area contributed by atoms with E-state index < -0.39 is 0 Å². The van der Waals surface area contributed by atoms with Crippen LogP contribution in [0.15, 0.2) is 36.7 Å². The van der Waals surface area contributed by atoms with Gasteiger partial charge in [0.1, 0.15) is 5.82 Å². The van der Waals surface area contributed by atoms with E-state index in [1.54, 1.807) is 0 Å². The fourth-order valence-corrected chi connectivity index (χ4v) is 3.24. The van der Waals surface area contributed by atoms with Crippen LogP contribution >= 0.6 is 0 Å². The number of nitrogens with one attached hydrogen (secondary N) is 1. The maximum Gasteiger partial charge on any atom is 0.228 e. The Balaban J connectivity index is 1.49. The van der Waals surface area contributed by atoms with E-state index in [9.17, 15) is 4.79 Å². The molecule has 1 unspecified atom stereocenters. The number of benzene rings is 1. The second-order valence-corrected chi connectivity index (χ2v) is 5.74. The summed E-state index contributed by atoms with van der Waals surface area (Å²) >= 11 is 0. The largest absolute Gasteiger partial charge is 0.384 e. The molecule has 2 aliphatic heterocycles. The highest BCUT2D eigenvalue weighted by atomic mass is 16.2. The number of carbonyl (C=O) groups is 1. The van der Waals surface area contributed by atoms with Crippen LogP contribution in [0.2, 0.25) is 0 Å². The number of aromatic nitrogens is 2. The summed E-state index contributed by atoms with van der Waals surface area (Å²) in [6.45, 7) is 2.98. The van der Waals surface area contributed by atoms with Crippen LogP contribution in [0.3, 0.4) is 0 Å². The summed E-state index contributed by atoms with van der Waals surface area (Å²) in [5.74, 6) is 1.26. The van der Waals surface area contributed by atoms with Gasteiger partial charge in [0.25, 0.3) is 0 Å². The number of hydrogen-bond acceptors (Lipinski definition) is 3. The van der Waals surface area contributed by atoms with Crippen molar-refractivity contribution in [1.29, 1.82) is 0 Å². The van der Waals surface area contributed by atoms with Crippen LogP contribution in [-0.2, 0) is 24.3 Å². The van der Waals surface area contributed by atoms with Gasteiger partial charge in [0.05, 0.1) is 12.5 Å². The lowest BCUT2D eigenvalue weighted by Crippen LogP contribution is -2.44. The Hall–Kier alpha value is -2.30. The molecule has 1 aromatic heterocycles. The molecular weight excluding hydrogens is 264 g/mol. The van der Waals surface area contributed by atoms with Gasteiger partial charge < -0.3 is 14.8 Å². The minimum Gasteiger partial charge on any atom is -0.384 e. The Morgan fingerprint density at radius 3 is 3.14 bits per heavy atom. The van der Waals surface area contributed by atoms with Gasteiger partial charge in [-0.25, -0.2) is 4.98 Å². The molecule has 0 fully saturated rings. The van der Waals surface area contributed by atoms with E-state index in [0.717, 1.165) is 37.6 Å². The van der Waals surface area contributed by atoms with Gasteiger partial charge in [-0.05, 0) is 18.1 Å². The minimum absolute atomic E-state index is 0.0291. The van der Waals surface area contributed by atoms with Crippen molar-refractivity contribution in [3.05, 3.63) is 48.0 Å². The quantitative estimate of drug-likeness (QED) is 0.862. The molecule has 0 saturated carbocycles. The third-order valence-electron chi connectivity index (χ3n) is 4.43. The average molecular weight is 282 g/mol. The van der Waals surface area contributed by atoms with Crippen molar-refractivity contribution in [2.75, 3.05) is 18.4 Å². The van der Waals surface area contributed by atoms with Crippen LogP contribution in [0.25, 0.3) is 0 Å². The maximum atomic E-state index is 12.7. The Morgan fingerprint density at radius 2 is 2.19 bits per heavy atom. The lowest BCUT2D eigenvalue weighted by Gasteiger charge is -2.33. The molecule has 1 aromatic carbocycles. The highest BCUT2D eigenvalue weighted by Crippen LogP contribution is 2.26. The third kappa shape index (κ3) is 2.18. The monoisotopic (exact) mass is 282 g/mol. The first kappa shape index (κ1) is 12.4. The highest BCUT2D eigenvalue weighted by molar-refractivity contribution is 5.81. The molecule has 1 amide bonds. The van der Waals surface area contributed by atoms with Crippen molar-refractivity contribution in [1.82, 2.24) is 14.5 Å². The fraction of sp³-hybridized carbons (Fsp3) is 0.375. The molecule has 0 aliphatic carbocycles. The Labute approximate surface area is 123 Å². The average Bonchev–Trinajstić information content (AvgIpc) is 3.01. The van der Waals surface area contributed by atoms with Crippen molar-refractivity contribution >= 4 is 11.6 Å². The molecule has 5 heteroatoms. The number of fused-ring (bicyclic) bond motifs is 2. The van der Waals surface area contributed by atoms with Gasteiger partial charge in [-0.3, -0.25) is 4.79 Å². The second kappa shape index (κ2) is 4.91. The number of anilines is 1. The van der Waals surface area contributed by atoms with E-state index in [1.807, 2.05) is 29.4 Å². The van der Waals surface area contributed by atoms with Gasteiger partial charge in [-0.15, -0.1) is 0 Å². The zero-order valence-electron chi connectivity index (χ0n) is 11.8. The maximum absolute atomic E-state index is 12.7. The normalized spacial score (nSPS) is 20.4. The van der Waals surface area contributed by atoms with Gasteiger partial charge in [0.15, 0.2) is 0 Å². The van der Waals surface area contributed by atoms with Crippen LogP contribution in [0.1, 0.15) is 11.4 Å². The van der Waals surface area contributed by atoms with E-state index >= 15 is 0 Å². The van der Waals surface area contributed by atoms with Crippen LogP contribution in [-0.4, -0.2) is 33.4 Å².